The van der Waals surface area contributed by atoms with Gasteiger partial charge in [-0.25, -0.2) is 9.50 Å². The number of benzene rings is 1. The number of carbonyl (C=O) groups excluding carboxylic acids is 1. The molecular weight excluding hydrogens is 475 g/mol. The van der Waals surface area contributed by atoms with E-state index in [1.807, 2.05) is 13.0 Å². The Morgan fingerprint density at radius 1 is 1.22 bits per heavy atom. The molecule has 1 amide bonds. The largest absolute Gasteiger partial charge is 0.393 e. The fourth-order valence-corrected chi connectivity index (χ4v) is 4.04. The first-order valence-corrected chi connectivity index (χ1v) is 11.4. The van der Waals surface area contributed by atoms with E-state index in [-0.39, 0.29) is 23.3 Å². The highest BCUT2D eigenvalue weighted by Crippen LogP contribution is 2.30. The lowest BCUT2D eigenvalue weighted by molar-refractivity contribution is -0.150. The molecule has 0 aliphatic heterocycles. The zero-order valence-electron chi connectivity index (χ0n) is 19.5. The van der Waals surface area contributed by atoms with Crippen molar-refractivity contribution in [1.82, 2.24) is 29.7 Å². The van der Waals surface area contributed by atoms with E-state index in [0.29, 0.717) is 22.6 Å². The number of imidazole rings is 1. The Morgan fingerprint density at radius 3 is 2.64 bits per heavy atom. The molecule has 1 fully saturated rings. The molecule has 0 spiro atoms. The molecule has 3 heterocycles. The molecule has 0 saturated heterocycles. The Hall–Kier alpha value is -3.93. The minimum atomic E-state index is -4.55. The smallest absolute Gasteiger partial charge is 0.373 e. The van der Waals surface area contributed by atoms with Crippen molar-refractivity contribution in [1.29, 1.82) is 0 Å². The lowest BCUT2D eigenvalue weighted by Crippen LogP contribution is -2.26. The molecule has 9 nitrogen and oxygen atoms in total. The number of aliphatic hydroxyl groups is 1. The van der Waals surface area contributed by atoms with Gasteiger partial charge in [0, 0.05) is 30.4 Å². The number of nitrogens with one attached hydrogen (secondary N) is 2. The van der Waals surface area contributed by atoms with Gasteiger partial charge < -0.3 is 15.7 Å². The molecular formula is C24H24F3N7O2. The van der Waals surface area contributed by atoms with Crippen LogP contribution in [0.15, 0.2) is 42.7 Å². The number of carbonyl (C=O) groups is 1. The van der Waals surface area contributed by atoms with Gasteiger partial charge in [-0.15, -0.1) is 0 Å². The van der Waals surface area contributed by atoms with Crippen LogP contribution >= 0.6 is 0 Å². The number of rotatable bonds is 7. The predicted molar refractivity (Wildman–Crippen MR) is 126 cm³/mol. The molecule has 5 rings (SSSR count). The summed E-state index contributed by atoms with van der Waals surface area (Å²) in [7, 11) is 1.72. The van der Waals surface area contributed by atoms with Gasteiger partial charge >= 0.3 is 6.18 Å². The summed E-state index contributed by atoms with van der Waals surface area (Å²) in [6, 6.07) is 8.84. The number of hydrogen-bond donors (Lipinski definition) is 3. The number of aliphatic hydroxyl groups excluding tert-OH is 1. The second-order valence-corrected chi connectivity index (χ2v) is 8.92. The van der Waals surface area contributed by atoms with E-state index >= 15 is 0 Å². The number of amides is 1. The van der Waals surface area contributed by atoms with Gasteiger partial charge in [0.25, 0.3) is 5.91 Å². The maximum Gasteiger partial charge on any atom is 0.393 e. The molecule has 1 aromatic carbocycles. The van der Waals surface area contributed by atoms with Gasteiger partial charge in [-0.3, -0.25) is 9.48 Å². The number of nitrogens with zero attached hydrogens (tertiary/aromatic N) is 5. The topological polar surface area (TPSA) is 109 Å². The molecule has 0 bridgehead atoms. The van der Waals surface area contributed by atoms with Crippen LogP contribution in [0.5, 0.6) is 0 Å². The Labute approximate surface area is 204 Å². The van der Waals surface area contributed by atoms with Crippen molar-refractivity contribution < 1.29 is 23.1 Å². The number of alkyl halides is 3. The first kappa shape index (κ1) is 23.8. The van der Waals surface area contributed by atoms with Gasteiger partial charge in [-0.05, 0) is 49.6 Å². The van der Waals surface area contributed by atoms with Crippen LogP contribution in [0.25, 0.3) is 28.3 Å². The van der Waals surface area contributed by atoms with Gasteiger partial charge in [0.05, 0.1) is 29.7 Å². The summed E-state index contributed by atoms with van der Waals surface area (Å²) >= 11 is 0. The van der Waals surface area contributed by atoms with E-state index in [2.05, 4.69) is 25.8 Å². The average Bonchev–Trinajstić information content (AvgIpc) is 3.32. The minimum absolute atomic E-state index is 0.124. The van der Waals surface area contributed by atoms with E-state index in [9.17, 15) is 23.1 Å². The third-order valence-corrected chi connectivity index (χ3v) is 5.98. The highest BCUT2D eigenvalue weighted by Gasteiger charge is 2.31. The third kappa shape index (κ3) is 4.89. The minimum Gasteiger partial charge on any atom is -0.373 e. The third-order valence-electron chi connectivity index (χ3n) is 5.98. The number of halogens is 3. The number of anilines is 1. The molecule has 188 valence electrons. The molecule has 1 aliphatic carbocycles. The van der Waals surface area contributed by atoms with Crippen molar-refractivity contribution >= 4 is 17.2 Å². The SMILES string of the molecule is Cc1cc(-c2cnc3c(NC(O)CC(F)(F)F)cc(-c4ccnn4C)nn23)ccc1C(=O)NC1CC1. The maximum absolute atomic E-state index is 12.8. The zero-order chi connectivity index (χ0) is 25.6. The number of fused-ring (bicyclic) bond motifs is 1. The quantitative estimate of drug-likeness (QED) is 0.335. The fraction of sp³-hybridized carbons (Fsp3) is 0.333. The van der Waals surface area contributed by atoms with Gasteiger partial charge in [0.1, 0.15) is 11.9 Å². The second-order valence-electron chi connectivity index (χ2n) is 8.92. The monoisotopic (exact) mass is 499 g/mol. The Kier molecular flexibility index (Phi) is 5.91. The van der Waals surface area contributed by atoms with Crippen LogP contribution in [0.1, 0.15) is 35.2 Å². The average molecular weight is 499 g/mol. The Bertz CT molecular complexity index is 1440. The van der Waals surface area contributed by atoms with Crippen LogP contribution in [-0.4, -0.2) is 53.8 Å². The summed E-state index contributed by atoms with van der Waals surface area (Å²) < 4.78 is 41.6. The predicted octanol–water partition coefficient (Wildman–Crippen LogP) is 3.68. The van der Waals surface area contributed by atoms with E-state index in [0.717, 1.165) is 24.0 Å². The molecule has 1 unspecified atom stereocenters. The molecule has 1 saturated carbocycles. The summed E-state index contributed by atoms with van der Waals surface area (Å²) in [4.78, 5) is 16.9. The zero-order valence-corrected chi connectivity index (χ0v) is 19.5. The van der Waals surface area contributed by atoms with E-state index in [1.165, 1.54) is 10.6 Å². The summed E-state index contributed by atoms with van der Waals surface area (Å²) in [5.74, 6) is -0.124. The number of aryl methyl sites for hydroxylation is 2. The van der Waals surface area contributed by atoms with Crippen molar-refractivity contribution in [2.45, 2.75) is 44.6 Å². The first-order chi connectivity index (χ1) is 17.1. The lowest BCUT2D eigenvalue weighted by Gasteiger charge is -2.17. The molecule has 1 aliphatic rings. The molecule has 36 heavy (non-hydrogen) atoms. The molecule has 3 N–H and O–H groups in total. The van der Waals surface area contributed by atoms with Crippen LogP contribution in [0.2, 0.25) is 0 Å². The molecule has 12 heteroatoms. The maximum atomic E-state index is 12.8. The van der Waals surface area contributed by atoms with Crippen LogP contribution in [0.4, 0.5) is 18.9 Å². The standard InChI is InChI=1S/C24H24F3N7O2/c1-13-9-14(3-6-16(13)23(36)30-15-4-5-15)20-12-28-22-18(31-21(35)11-24(25,26)27)10-17(32-34(20)22)19-7-8-29-33(19)2/h3,6-10,12,15,21,31,35H,4-5,11H2,1-2H3,(H,30,36). The summed E-state index contributed by atoms with van der Waals surface area (Å²) in [6.07, 6.45) is -2.74. The van der Waals surface area contributed by atoms with Crippen molar-refractivity contribution in [3.05, 3.63) is 53.9 Å². The van der Waals surface area contributed by atoms with E-state index in [1.54, 1.807) is 42.3 Å². The van der Waals surface area contributed by atoms with Crippen molar-refractivity contribution in [3.8, 4) is 22.6 Å². The summed E-state index contributed by atoms with van der Waals surface area (Å²) in [6.45, 7) is 1.84. The number of hydrogen-bond acceptors (Lipinski definition) is 6. The van der Waals surface area contributed by atoms with E-state index < -0.39 is 18.8 Å². The second kappa shape index (κ2) is 8.94. The van der Waals surface area contributed by atoms with Gasteiger partial charge in [-0.2, -0.15) is 23.4 Å². The van der Waals surface area contributed by atoms with Crippen LogP contribution < -0.4 is 10.6 Å². The summed E-state index contributed by atoms with van der Waals surface area (Å²) in [5.41, 5.74) is 4.09. The van der Waals surface area contributed by atoms with Crippen LogP contribution in [0, 0.1) is 6.92 Å². The van der Waals surface area contributed by atoms with Gasteiger partial charge in [0.15, 0.2) is 5.65 Å². The Balaban J connectivity index is 1.57. The van der Waals surface area contributed by atoms with Crippen LogP contribution in [-0.2, 0) is 7.05 Å². The van der Waals surface area contributed by atoms with Crippen molar-refractivity contribution in [2.75, 3.05) is 5.32 Å². The molecule has 4 aromatic rings. The lowest BCUT2D eigenvalue weighted by atomic mass is 10.0. The van der Waals surface area contributed by atoms with E-state index in [4.69, 9.17) is 0 Å². The highest BCUT2D eigenvalue weighted by molar-refractivity contribution is 5.96. The molecule has 1 atom stereocenters. The highest BCUT2D eigenvalue weighted by atomic mass is 19.4. The normalized spacial score (nSPS) is 14.7. The van der Waals surface area contributed by atoms with Crippen molar-refractivity contribution in [3.63, 3.8) is 0 Å². The van der Waals surface area contributed by atoms with Crippen LogP contribution in [0.3, 0.4) is 0 Å². The first-order valence-electron chi connectivity index (χ1n) is 11.4. The fourth-order valence-electron chi connectivity index (χ4n) is 4.04. The van der Waals surface area contributed by atoms with Gasteiger partial charge in [0.2, 0.25) is 0 Å². The number of aromatic nitrogens is 5. The molecule has 3 aromatic heterocycles. The summed E-state index contributed by atoms with van der Waals surface area (Å²) in [5, 5.41) is 24.3. The van der Waals surface area contributed by atoms with Crippen molar-refractivity contribution in [2.24, 2.45) is 7.05 Å². The molecule has 0 radical (unpaired) electrons. The Morgan fingerprint density at radius 2 is 2.00 bits per heavy atom. The van der Waals surface area contributed by atoms with Gasteiger partial charge in [-0.1, -0.05) is 6.07 Å².